The maximum Gasteiger partial charge on any atom is 0.458 e. The number of rotatable bonds is 7. The maximum atomic E-state index is 15.0. The Morgan fingerprint density at radius 1 is 0.571 bits per heavy atom. The van der Waals surface area contributed by atoms with Crippen LogP contribution in [0.15, 0.2) is 54.6 Å². The topological polar surface area (TPSA) is 0 Å². The number of benzene rings is 4. The summed E-state index contributed by atoms with van der Waals surface area (Å²) in [4.78, 5) is 0. The van der Waals surface area contributed by atoms with E-state index in [0.29, 0.717) is 36.2 Å². The number of halogens is 10. The van der Waals surface area contributed by atoms with Gasteiger partial charge < -0.3 is 0 Å². The Kier molecular flexibility index (Phi) is 9.00. The predicted octanol–water partition coefficient (Wildman–Crippen LogP) is 9.65. The molecular formula is C32H20F10. The van der Waals surface area contributed by atoms with E-state index in [-0.39, 0.29) is 23.1 Å². The van der Waals surface area contributed by atoms with E-state index in [9.17, 15) is 35.1 Å². The number of hydrogen-bond donors (Lipinski definition) is 0. The first-order chi connectivity index (χ1) is 19.8. The molecule has 0 saturated heterocycles. The molecule has 4 aromatic carbocycles. The highest BCUT2D eigenvalue weighted by Gasteiger charge is 2.24. The summed E-state index contributed by atoms with van der Waals surface area (Å²) in [6.07, 6.45) is -4.34. The third kappa shape index (κ3) is 6.96. The van der Waals surface area contributed by atoms with Crippen LogP contribution in [0.5, 0.6) is 0 Å². The SMILES string of the molecule is CCCc1ccc(-c2cc(F)c(-c3cc(F)c(CCc4cc(F)c(C#CC(F)(F)F)c(F)c4)c(F)c3)c(F)c2)c(F)c1. The van der Waals surface area contributed by atoms with Gasteiger partial charge >= 0.3 is 6.18 Å². The fraction of sp³-hybridized carbons (Fsp3) is 0.188. The van der Waals surface area contributed by atoms with Crippen LogP contribution >= 0.6 is 0 Å². The van der Waals surface area contributed by atoms with E-state index in [1.165, 1.54) is 18.1 Å². The Bertz CT molecular complexity index is 1640. The quantitative estimate of drug-likeness (QED) is 0.148. The van der Waals surface area contributed by atoms with Crippen molar-refractivity contribution in [3.63, 3.8) is 0 Å². The van der Waals surface area contributed by atoms with Crippen LogP contribution < -0.4 is 0 Å². The van der Waals surface area contributed by atoms with Gasteiger partial charge in [0.25, 0.3) is 0 Å². The fourth-order valence-electron chi connectivity index (χ4n) is 4.52. The van der Waals surface area contributed by atoms with Gasteiger partial charge in [0.05, 0.1) is 11.1 Å². The van der Waals surface area contributed by atoms with E-state index in [1.807, 2.05) is 6.92 Å². The molecule has 4 aromatic rings. The minimum absolute atomic E-state index is 0.0554. The van der Waals surface area contributed by atoms with E-state index in [2.05, 4.69) is 0 Å². The Morgan fingerprint density at radius 3 is 1.64 bits per heavy atom. The van der Waals surface area contributed by atoms with Crippen LogP contribution in [0.4, 0.5) is 43.9 Å². The molecule has 0 aliphatic heterocycles. The van der Waals surface area contributed by atoms with Crippen molar-refractivity contribution in [1.82, 2.24) is 0 Å². The van der Waals surface area contributed by atoms with Crippen LogP contribution in [0.25, 0.3) is 22.3 Å². The molecule has 0 amide bonds. The lowest BCUT2D eigenvalue weighted by Crippen LogP contribution is -2.04. The molecule has 0 radical (unpaired) electrons. The summed E-state index contributed by atoms with van der Waals surface area (Å²) in [7, 11) is 0. The number of hydrogen-bond acceptors (Lipinski definition) is 0. The Hall–Kier alpha value is -4.26. The van der Waals surface area contributed by atoms with Gasteiger partial charge in [-0.15, -0.1) is 0 Å². The van der Waals surface area contributed by atoms with E-state index >= 15 is 8.78 Å². The molecule has 4 rings (SSSR count). The molecule has 0 heterocycles. The van der Waals surface area contributed by atoms with Crippen molar-refractivity contribution in [1.29, 1.82) is 0 Å². The van der Waals surface area contributed by atoms with Gasteiger partial charge in [0.15, 0.2) is 0 Å². The molecule has 0 spiro atoms. The standard InChI is InChI=1S/C32H20F10/c1-2-3-17-4-6-21(24(33)10-17)19-13-29(38)31(30(39)14-19)20-15-27(36)22(28(37)16-20)7-5-18-11-25(34)23(26(35)12-18)8-9-32(40,41)42/h4,6,10-16H,2-3,5,7H2,1H3. The monoisotopic (exact) mass is 594 g/mol. The zero-order valence-electron chi connectivity index (χ0n) is 21.8. The summed E-state index contributed by atoms with van der Waals surface area (Å²) in [5.74, 6) is -6.09. The average molecular weight is 594 g/mol. The van der Waals surface area contributed by atoms with Crippen molar-refractivity contribution < 1.29 is 43.9 Å². The third-order valence-electron chi connectivity index (χ3n) is 6.45. The molecule has 42 heavy (non-hydrogen) atoms. The summed E-state index contributed by atoms with van der Waals surface area (Å²) in [6, 6.07) is 8.77. The van der Waals surface area contributed by atoms with E-state index in [4.69, 9.17) is 0 Å². The summed E-state index contributed by atoms with van der Waals surface area (Å²) in [6.45, 7) is 1.91. The second kappa shape index (κ2) is 12.3. The molecule has 0 atom stereocenters. The second-order valence-corrected chi connectivity index (χ2v) is 9.48. The second-order valence-electron chi connectivity index (χ2n) is 9.48. The fourth-order valence-corrected chi connectivity index (χ4v) is 4.52. The molecule has 0 aromatic heterocycles. The summed E-state index contributed by atoms with van der Waals surface area (Å²) >= 11 is 0. The average Bonchev–Trinajstić information content (AvgIpc) is 2.87. The van der Waals surface area contributed by atoms with Crippen LogP contribution in [0.2, 0.25) is 0 Å². The minimum Gasteiger partial charge on any atom is -0.207 e. The van der Waals surface area contributed by atoms with Gasteiger partial charge in [-0.05, 0) is 84.0 Å². The highest BCUT2D eigenvalue weighted by atomic mass is 19.4. The van der Waals surface area contributed by atoms with Crippen molar-refractivity contribution in [3.8, 4) is 34.1 Å². The zero-order chi connectivity index (χ0) is 30.8. The van der Waals surface area contributed by atoms with E-state index < -0.39 is 75.6 Å². The largest absolute Gasteiger partial charge is 0.458 e. The van der Waals surface area contributed by atoms with Gasteiger partial charge in [0.1, 0.15) is 40.7 Å². The van der Waals surface area contributed by atoms with Crippen LogP contribution in [-0.2, 0) is 19.3 Å². The van der Waals surface area contributed by atoms with Gasteiger partial charge in [0.2, 0.25) is 0 Å². The van der Waals surface area contributed by atoms with E-state index in [1.54, 1.807) is 6.07 Å². The lowest BCUT2D eigenvalue weighted by atomic mass is 9.95. The first kappa shape index (κ1) is 30.7. The van der Waals surface area contributed by atoms with Crippen LogP contribution in [0.3, 0.4) is 0 Å². The first-order valence-corrected chi connectivity index (χ1v) is 12.6. The Balaban J connectivity index is 1.58. The normalized spacial score (nSPS) is 11.4. The van der Waals surface area contributed by atoms with Crippen LogP contribution in [0, 0.1) is 52.6 Å². The van der Waals surface area contributed by atoms with Crippen LogP contribution in [-0.4, -0.2) is 6.18 Å². The lowest BCUT2D eigenvalue weighted by Gasteiger charge is -2.13. The smallest absolute Gasteiger partial charge is 0.207 e. The molecule has 0 aliphatic carbocycles. The van der Waals surface area contributed by atoms with Gasteiger partial charge in [-0.2, -0.15) is 13.2 Å². The van der Waals surface area contributed by atoms with Crippen molar-refractivity contribution in [2.75, 3.05) is 0 Å². The van der Waals surface area contributed by atoms with Gasteiger partial charge in [-0.25, -0.2) is 30.7 Å². The molecule has 218 valence electrons. The molecule has 0 nitrogen and oxygen atoms in total. The summed E-state index contributed by atoms with van der Waals surface area (Å²) in [5, 5.41) is 0. The summed E-state index contributed by atoms with van der Waals surface area (Å²) in [5.41, 5.74) is -2.44. The van der Waals surface area contributed by atoms with Crippen molar-refractivity contribution >= 4 is 0 Å². The molecule has 0 unspecified atom stereocenters. The molecular weight excluding hydrogens is 574 g/mol. The maximum absolute atomic E-state index is 15.0. The molecule has 0 bridgehead atoms. The highest BCUT2D eigenvalue weighted by Crippen LogP contribution is 2.34. The van der Waals surface area contributed by atoms with Crippen LogP contribution in [0.1, 0.15) is 35.6 Å². The van der Waals surface area contributed by atoms with Gasteiger partial charge in [-0.1, -0.05) is 31.4 Å². The number of alkyl halides is 3. The zero-order valence-corrected chi connectivity index (χ0v) is 21.8. The summed E-state index contributed by atoms with van der Waals surface area (Å²) < 4.78 is 139. The predicted molar refractivity (Wildman–Crippen MR) is 138 cm³/mol. The Morgan fingerprint density at radius 2 is 1.12 bits per heavy atom. The molecule has 0 N–H and O–H groups in total. The molecule has 10 heteroatoms. The molecule has 0 saturated carbocycles. The van der Waals surface area contributed by atoms with Crippen molar-refractivity contribution in [3.05, 3.63) is 118 Å². The number of aryl methyl sites for hydroxylation is 2. The van der Waals surface area contributed by atoms with Gasteiger partial charge in [0, 0.05) is 17.0 Å². The van der Waals surface area contributed by atoms with Crippen molar-refractivity contribution in [2.45, 2.75) is 38.8 Å². The van der Waals surface area contributed by atoms with E-state index in [0.717, 1.165) is 24.5 Å². The highest BCUT2D eigenvalue weighted by molar-refractivity contribution is 5.72. The van der Waals surface area contributed by atoms with Crippen molar-refractivity contribution in [2.24, 2.45) is 0 Å². The first-order valence-electron chi connectivity index (χ1n) is 12.6. The molecule has 0 aliphatic rings. The molecule has 0 fully saturated rings. The minimum atomic E-state index is -4.97. The lowest BCUT2D eigenvalue weighted by molar-refractivity contribution is -0.0696. The van der Waals surface area contributed by atoms with Gasteiger partial charge in [-0.3, -0.25) is 0 Å². The third-order valence-corrected chi connectivity index (χ3v) is 6.45. The Labute approximate surface area is 234 Å².